The number of amides is 2. The van der Waals surface area contributed by atoms with Crippen molar-refractivity contribution in [3.63, 3.8) is 0 Å². The third-order valence-electron chi connectivity index (χ3n) is 5.04. The summed E-state index contributed by atoms with van der Waals surface area (Å²) in [6, 6.07) is 10.7. The highest BCUT2D eigenvalue weighted by atomic mass is 32.1. The van der Waals surface area contributed by atoms with Gasteiger partial charge in [-0.1, -0.05) is 24.3 Å². The highest BCUT2D eigenvalue weighted by molar-refractivity contribution is 7.12. The van der Waals surface area contributed by atoms with Crippen molar-refractivity contribution in [2.45, 2.75) is 25.3 Å². The lowest BCUT2D eigenvalue weighted by atomic mass is 10.2. The molecule has 0 bridgehead atoms. The van der Waals surface area contributed by atoms with E-state index in [0.717, 1.165) is 24.1 Å². The molecule has 0 saturated carbocycles. The molecule has 6 nitrogen and oxygen atoms in total. The van der Waals surface area contributed by atoms with Gasteiger partial charge < -0.3 is 14.5 Å². The monoisotopic (exact) mass is 384 g/mol. The molecule has 1 aromatic heterocycles. The van der Waals surface area contributed by atoms with Gasteiger partial charge in [-0.2, -0.15) is 0 Å². The number of hydrogen-bond donors (Lipinski definition) is 0. The third kappa shape index (κ3) is 3.47. The molecule has 2 aliphatic heterocycles. The maximum Gasteiger partial charge on any atom is 0.329 e. The lowest BCUT2D eigenvalue weighted by Crippen LogP contribution is -2.42. The number of carbonyl (C=O) groups excluding carboxylic acids is 3. The molecule has 0 N–H and O–H groups in total. The Morgan fingerprint density at radius 3 is 2.78 bits per heavy atom. The second kappa shape index (κ2) is 7.52. The van der Waals surface area contributed by atoms with Gasteiger partial charge in [-0.25, -0.2) is 4.79 Å². The fraction of sp³-hybridized carbons (Fsp3) is 0.350. The van der Waals surface area contributed by atoms with Crippen molar-refractivity contribution in [2.24, 2.45) is 0 Å². The fourth-order valence-electron chi connectivity index (χ4n) is 3.70. The lowest BCUT2D eigenvalue weighted by Gasteiger charge is -2.23. The van der Waals surface area contributed by atoms with Crippen LogP contribution in [0.15, 0.2) is 41.8 Å². The van der Waals surface area contributed by atoms with E-state index in [1.54, 1.807) is 15.9 Å². The van der Waals surface area contributed by atoms with Crippen LogP contribution in [-0.2, 0) is 20.7 Å². The van der Waals surface area contributed by atoms with Gasteiger partial charge in [-0.15, -0.1) is 11.3 Å². The van der Waals surface area contributed by atoms with E-state index < -0.39 is 12.0 Å². The van der Waals surface area contributed by atoms with Gasteiger partial charge in [-0.3, -0.25) is 9.59 Å². The largest absolute Gasteiger partial charge is 0.454 e. The van der Waals surface area contributed by atoms with Gasteiger partial charge in [0.05, 0.1) is 4.88 Å². The average Bonchev–Trinajstić information content (AvgIpc) is 3.45. The molecule has 3 heterocycles. The summed E-state index contributed by atoms with van der Waals surface area (Å²) >= 11 is 1.36. The molecule has 140 valence electrons. The third-order valence-corrected chi connectivity index (χ3v) is 5.90. The minimum absolute atomic E-state index is 0.149. The summed E-state index contributed by atoms with van der Waals surface area (Å²) in [4.78, 5) is 41.4. The van der Waals surface area contributed by atoms with Crippen molar-refractivity contribution in [3.05, 3.63) is 52.2 Å². The quantitative estimate of drug-likeness (QED) is 0.760. The van der Waals surface area contributed by atoms with Crippen LogP contribution in [0.4, 0.5) is 5.69 Å². The maximum atomic E-state index is 12.6. The van der Waals surface area contributed by atoms with E-state index in [1.165, 1.54) is 11.3 Å². The Morgan fingerprint density at radius 1 is 1.11 bits per heavy atom. The van der Waals surface area contributed by atoms with Crippen molar-refractivity contribution < 1.29 is 19.1 Å². The first kappa shape index (κ1) is 17.7. The van der Waals surface area contributed by atoms with Crippen LogP contribution >= 0.6 is 11.3 Å². The average molecular weight is 384 g/mol. The Balaban J connectivity index is 1.36. The van der Waals surface area contributed by atoms with E-state index in [1.807, 2.05) is 35.7 Å². The summed E-state index contributed by atoms with van der Waals surface area (Å²) in [5.74, 6) is -0.884. The number of nitrogens with zero attached hydrogens (tertiary/aromatic N) is 2. The summed E-state index contributed by atoms with van der Waals surface area (Å²) in [5, 5.41) is 1.84. The minimum Gasteiger partial charge on any atom is -0.454 e. The lowest BCUT2D eigenvalue weighted by molar-refractivity contribution is -0.151. The van der Waals surface area contributed by atoms with E-state index in [9.17, 15) is 14.4 Å². The van der Waals surface area contributed by atoms with E-state index in [-0.39, 0.29) is 18.4 Å². The summed E-state index contributed by atoms with van der Waals surface area (Å²) < 4.78 is 5.29. The number of fused-ring (bicyclic) bond motifs is 1. The van der Waals surface area contributed by atoms with Crippen molar-refractivity contribution in [2.75, 3.05) is 24.6 Å². The molecule has 0 radical (unpaired) electrons. The number of anilines is 1. The van der Waals surface area contributed by atoms with Crippen molar-refractivity contribution in [3.8, 4) is 0 Å². The minimum atomic E-state index is -0.613. The number of ether oxygens (including phenoxy) is 1. The Hall–Kier alpha value is -2.67. The number of hydrogen-bond acceptors (Lipinski definition) is 5. The van der Waals surface area contributed by atoms with Crippen LogP contribution in [0.25, 0.3) is 0 Å². The van der Waals surface area contributed by atoms with E-state index in [0.29, 0.717) is 24.4 Å². The number of esters is 1. The summed E-state index contributed by atoms with van der Waals surface area (Å²) in [6.45, 7) is 0.830. The molecule has 4 rings (SSSR count). The number of likely N-dealkylation sites (tertiary alicyclic amines) is 1. The fourth-order valence-corrected chi connectivity index (χ4v) is 4.38. The molecule has 1 fully saturated rings. The first-order valence-corrected chi connectivity index (χ1v) is 9.92. The summed E-state index contributed by atoms with van der Waals surface area (Å²) in [5.41, 5.74) is 2.01. The molecule has 0 spiro atoms. The topological polar surface area (TPSA) is 66.9 Å². The van der Waals surface area contributed by atoms with Crippen LogP contribution < -0.4 is 4.90 Å². The normalized spacial score (nSPS) is 18.4. The van der Waals surface area contributed by atoms with Crippen LogP contribution in [0.5, 0.6) is 0 Å². The van der Waals surface area contributed by atoms with Crippen LogP contribution in [0.1, 0.15) is 28.1 Å². The predicted octanol–water partition coefficient (Wildman–Crippen LogP) is 2.49. The van der Waals surface area contributed by atoms with Crippen molar-refractivity contribution >= 4 is 34.8 Å². The molecule has 1 aromatic carbocycles. The number of para-hydroxylation sites is 1. The number of carbonyl (C=O) groups is 3. The van der Waals surface area contributed by atoms with E-state index in [4.69, 9.17) is 4.74 Å². The Morgan fingerprint density at radius 2 is 1.96 bits per heavy atom. The zero-order valence-corrected chi connectivity index (χ0v) is 15.6. The highest BCUT2D eigenvalue weighted by Crippen LogP contribution is 2.27. The van der Waals surface area contributed by atoms with Gasteiger partial charge in [-0.05, 0) is 42.3 Å². The SMILES string of the molecule is O=C(OCC(=O)N1CCc2ccccc21)[C@@H]1CCCN1C(=O)c1cccs1. The molecule has 7 heteroatoms. The molecule has 2 aliphatic rings. The standard InChI is InChI=1S/C20H20N2O4S/c23-18(21-11-9-14-5-1-2-6-15(14)21)13-26-20(25)16-7-3-10-22(16)19(24)17-8-4-12-27-17/h1-2,4-6,8,12,16H,3,7,9-11,13H2/t16-/m0/s1. The first-order valence-electron chi connectivity index (χ1n) is 9.04. The van der Waals surface area contributed by atoms with Crippen LogP contribution in [0, 0.1) is 0 Å². The molecule has 2 aromatic rings. The van der Waals surface area contributed by atoms with E-state index >= 15 is 0 Å². The van der Waals surface area contributed by atoms with Crippen LogP contribution in [-0.4, -0.2) is 48.4 Å². The highest BCUT2D eigenvalue weighted by Gasteiger charge is 2.36. The molecule has 2 amide bonds. The Kier molecular flexibility index (Phi) is 4.94. The number of benzene rings is 1. The molecular weight excluding hydrogens is 364 g/mol. The van der Waals surface area contributed by atoms with Gasteiger partial charge in [0.1, 0.15) is 6.04 Å². The van der Waals surface area contributed by atoms with Gasteiger partial charge in [0.2, 0.25) is 0 Å². The Bertz CT molecular complexity index is 865. The van der Waals surface area contributed by atoms with Gasteiger partial charge in [0.25, 0.3) is 11.8 Å². The molecule has 0 aliphatic carbocycles. The van der Waals surface area contributed by atoms with E-state index in [2.05, 4.69) is 0 Å². The summed E-state index contributed by atoms with van der Waals surface area (Å²) in [7, 11) is 0. The zero-order valence-electron chi connectivity index (χ0n) is 14.8. The van der Waals surface area contributed by atoms with Gasteiger partial charge >= 0.3 is 5.97 Å². The second-order valence-electron chi connectivity index (χ2n) is 6.67. The van der Waals surface area contributed by atoms with Gasteiger partial charge in [0, 0.05) is 18.8 Å². The number of rotatable bonds is 4. The maximum absolute atomic E-state index is 12.6. The smallest absolute Gasteiger partial charge is 0.329 e. The molecular formula is C20H20N2O4S. The molecule has 0 unspecified atom stereocenters. The Labute approximate surface area is 161 Å². The summed E-state index contributed by atoms with van der Waals surface area (Å²) in [6.07, 6.45) is 2.13. The molecule has 1 atom stereocenters. The molecule has 27 heavy (non-hydrogen) atoms. The van der Waals surface area contributed by atoms with Crippen molar-refractivity contribution in [1.29, 1.82) is 0 Å². The van der Waals surface area contributed by atoms with Crippen molar-refractivity contribution in [1.82, 2.24) is 4.90 Å². The number of thiophene rings is 1. The van der Waals surface area contributed by atoms with Crippen LogP contribution in [0.2, 0.25) is 0 Å². The first-order chi connectivity index (χ1) is 13.1. The zero-order chi connectivity index (χ0) is 18.8. The second-order valence-corrected chi connectivity index (χ2v) is 7.61. The van der Waals surface area contributed by atoms with Gasteiger partial charge in [0.15, 0.2) is 6.61 Å². The molecule has 1 saturated heterocycles. The predicted molar refractivity (Wildman–Crippen MR) is 102 cm³/mol. The van der Waals surface area contributed by atoms with Crippen LogP contribution in [0.3, 0.4) is 0 Å².